The van der Waals surface area contributed by atoms with Gasteiger partial charge >= 0.3 is 0 Å². The van der Waals surface area contributed by atoms with Crippen molar-refractivity contribution in [2.45, 2.75) is 12.8 Å². The Morgan fingerprint density at radius 1 is 1.24 bits per heavy atom. The topological polar surface area (TPSA) is 35.0 Å². The monoisotopic (exact) mass is 268 g/mol. The predicted molar refractivity (Wildman–Crippen MR) is 70.1 cm³/mol. The van der Waals surface area contributed by atoms with E-state index in [-0.39, 0.29) is 0 Å². The number of alkyl halides is 1. The molecule has 1 aromatic carbocycles. The third kappa shape index (κ3) is 3.17. The quantitative estimate of drug-likeness (QED) is 0.782. The van der Waals surface area contributed by atoms with Crippen LogP contribution in [0.2, 0.25) is 0 Å². The van der Waals surface area contributed by atoms with Crippen molar-refractivity contribution in [3.05, 3.63) is 39.8 Å². The van der Waals surface area contributed by atoms with E-state index in [1.54, 1.807) is 18.4 Å². The fourth-order valence-corrected chi connectivity index (χ4v) is 2.71. The van der Waals surface area contributed by atoms with Crippen molar-refractivity contribution in [2.24, 2.45) is 0 Å². The molecule has 5 heteroatoms. The number of rotatable bonds is 5. The van der Waals surface area contributed by atoms with Crippen molar-refractivity contribution >= 4 is 22.9 Å². The Bertz CT molecular complexity index is 487. The molecule has 0 unspecified atom stereocenters. The Morgan fingerprint density at radius 2 is 2.00 bits per heavy atom. The minimum atomic E-state index is 0.587. The maximum absolute atomic E-state index is 5.67. The zero-order chi connectivity index (χ0) is 12.1. The zero-order valence-corrected chi connectivity index (χ0v) is 11.1. The molecule has 0 amide bonds. The van der Waals surface area contributed by atoms with E-state index in [4.69, 9.17) is 16.3 Å². The van der Waals surface area contributed by atoms with Crippen LogP contribution >= 0.6 is 22.9 Å². The van der Waals surface area contributed by atoms with Gasteiger partial charge in [-0.15, -0.1) is 33.1 Å². The van der Waals surface area contributed by atoms with Gasteiger partial charge in [-0.2, -0.15) is 0 Å². The largest absolute Gasteiger partial charge is 0.496 e. The minimum absolute atomic E-state index is 0.587. The summed E-state index contributed by atoms with van der Waals surface area (Å²) in [6.07, 6.45) is 1.54. The van der Waals surface area contributed by atoms with Crippen LogP contribution in [0.25, 0.3) is 0 Å². The molecule has 0 radical (unpaired) electrons. The summed E-state index contributed by atoms with van der Waals surface area (Å²) in [5.41, 5.74) is 1.13. The van der Waals surface area contributed by atoms with Gasteiger partial charge in [0.1, 0.15) is 15.8 Å². The van der Waals surface area contributed by atoms with Gasteiger partial charge in [-0.3, -0.25) is 0 Å². The molecule has 90 valence electrons. The van der Waals surface area contributed by atoms with Crippen molar-refractivity contribution < 1.29 is 4.74 Å². The van der Waals surface area contributed by atoms with Crippen molar-refractivity contribution in [3.63, 3.8) is 0 Å². The SMILES string of the molecule is COc1ccccc1Cc1nnc(CCCl)s1. The molecule has 0 spiro atoms. The van der Waals surface area contributed by atoms with Gasteiger partial charge in [0.25, 0.3) is 0 Å². The van der Waals surface area contributed by atoms with Crippen LogP contribution in [0.15, 0.2) is 24.3 Å². The third-order valence-electron chi connectivity index (χ3n) is 2.35. The number of ether oxygens (including phenoxy) is 1. The normalized spacial score (nSPS) is 10.5. The van der Waals surface area contributed by atoms with Crippen molar-refractivity contribution in [3.8, 4) is 5.75 Å². The fraction of sp³-hybridized carbons (Fsp3) is 0.333. The number of para-hydroxylation sites is 1. The lowest BCUT2D eigenvalue weighted by Gasteiger charge is -2.05. The number of aryl methyl sites for hydroxylation is 1. The van der Waals surface area contributed by atoms with Gasteiger partial charge in [-0.05, 0) is 6.07 Å². The standard InChI is InChI=1S/C12H13ClN2OS/c1-16-10-5-3-2-4-9(10)8-12-15-14-11(17-12)6-7-13/h2-5H,6-8H2,1H3. The Kier molecular flexibility index (Phi) is 4.34. The first-order valence-electron chi connectivity index (χ1n) is 5.32. The molecule has 1 aromatic heterocycles. The molecule has 0 N–H and O–H groups in total. The molecule has 0 aliphatic rings. The van der Waals surface area contributed by atoms with Crippen LogP contribution in [0.4, 0.5) is 0 Å². The van der Waals surface area contributed by atoms with Crippen LogP contribution in [0, 0.1) is 0 Å². The van der Waals surface area contributed by atoms with Crippen molar-refractivity contribution in [1.29, 1.82) is 0 Å². The van der Waals surface area contributed by atoms with Crippen molar-refractivity contribution in [1.82, 2.24) is 10.2 Å². The molecule has 1 heterocycles. The minimum Gasteiger partial charge on any atom is -0.496 e. The van der Waals surface area contributed by atoms with E-state index in [0.717, 1.165) is 34.2 Å². The summed E-state index contributed by atoms with van der Waals surface area (Å²) in [6, 6.07) is 7.96. The van der Waals surface area contributed by atoms with Gasteiger partial charge in [0.2, 0.25) is 0 Å². The molecule has 2 aromatic rings. The smallest absolute Gasteiger partial charge is 0.122 e. The summed E-state index contributed by atoms with van der Waals surface area (Å²) in [5.74, 6) is 1.48. The van der Waals surface area contributed by atoms with Gasteiger partial charge in [-0.25, -0.2) is 0 Å². The number of aromatic nitrogens is 2. The van der Waals surface area contributed by atoms with Crippen molar-refractivity contribution in [2.75, 3.05) is 13.0 Å². The Labute approximate surface area is 109 Å². The highest BCUT2D eigenvalue weighted by Gasteiger charge is 2.08. The highest BCUT2D eigenvalue weighted by Crippen LogP contribution is 2.22. The van der Waals surface area contributed by atoms with E-state index in [0.29, 0.717) is 5.88 Å². The number of hydrogen-bond donors (Lipinski definition) is 0. The van der Waals surface area contributed by atoms with E-state index < -0.39 is 0 Å². The number of hydrogen-bond acceptors (Lipinski definition) is 4. The number of methoxy groups -OCH3 is 1. The Morgan fingerprint density at radius 3 is 2.76 bits per heavy atom. The highest BCUT2D eigenvalue weighted by molar-refractivity contribution is 7.11. The molecular weight excluding hydrogens is 256 g/mol. The van der Waals surface area contributed by atoms with Gasteiger partial charge in [0, 0.05) is 24.3 Å². The molecule has 0 aliphatic carbocycles. The maximum Gasteiger partial charge on any atom is 0.122 e. The van der Waals surface area contributed by atoms with E-state index in [2.05, 4.69) is 10.2 Å². The van der Waals surface area contributed by atoms with Crippen LogP contribution in [0.3, 0.4) is 0 Å². The number of nitrogens with zero attached hydrogens (tertiary/aromatic N) is 2. The molecule has 17 heavy (non-hydrogen) atoms. The summed E-state index contributed by atoms with van der Waals surface area (Å²) < 4.78 is 5.31. The number of halogens is 1. The van der Waals surface area contributed by atoms with E-state index in [9.17, 15) is 0 Å². The van der Waals surface area contributed by atoms with Crippen LogP contribution in [0.1, 0.15) is 15.6 Å². The average molecular weight is 269 g/mol. The summed E-state index contributed by atoms with van der Waals surface area (Å²) >= 11 is 7.28. The third-order valence-corrected chi connectivity index (χ3v) is 3.52. The fourth-order valence-electron chi connectivity index (χ4n) is 1.55. The molecule has 0 fully saturated rings. The average Bonchev–Trinajstić information content (AvgIpc) is 2.78. The second-order valence-electron chi connectivity index (χ2n) is 3.52. The molecule has 0 saturated heterocycles. The predicted octanol–water partition coefficient (Wildman–Crippen LogP) is 2.92. The summed E-state index contributed by atoms with van der Waals surface area (Å²) in [5, 5.41) is 10.2. The molecule has 0 bridgehead atoms. The summed E-state index contributed by atoms with van der Waals surface area (Å²) in [4.78, 5) is 0. The lowest BCUT2D eigenvalue weighted by Crippen LogP contribution is -1.92. The maximum atomic E-state index is 5.67. The van der Waals surface area contributed by atoms with Gasteiger partial charge < -0.3 is 4.74 Å². The molecule has 0 aliphatic heterocycles. The van der Waals surface area contributed by atoms with Crippen LogP contribution in [-0.2, 0) is 12.8 Å². The Hall–Kier alpha value is -1.13. The van der Waals surface area contributed by atoms with Crippen LogP contribution in [0.5, 0.6) is 5.75 Å². The molecule has 2 rings (SSSR count). The van der Waals surface area contributed by atoms with Crippen LogP contribution < -0.4 is 4.74 Å². The lowest BCUT2D eigenvalue weighted by molar-refractivity contribution is 0.410. The number of benzene rings is 1. The molecule has 3 nitrogen and oxygen atoms in total. The van der Waals surface area contributed by atoms with Gasteiger partial charge in [-0.1, -0.05) is 18.2 Å². The zero-order valence-electron chi connectivity index (χ0n) is 9.52. The lowest BCUT2D eigenvalue weighted by atomic mass is 10.1. The summed E-state index contributed by atoms with van der Waals surface area (Å²) in [6.45, 7) is 0. The Balaban J connectivity index is 2.13. The second-order valence-corrected chi connectivity index (χ2v) is 5.04. The van der Waals surface area contributed by atoms with E-state index >= 15 is 0 Å². The molecule has 0 atom stereocenters. The van der Waals surface area contributed by atoms with E-state index in [1.807, 2.05) is 24.3 Å². The van der Waals surface area contributed by atoms with Crippen LogP contribution in [-0.4, -0.2) is 23.2 Å². The molecular formula is C12H13ClN2OS. The molecule has 0 saturated carbocycles. The second kappa shape index (κ2) is 5.98. The highest BCUT2D eigenvalue weighted by atomic mass is 35.5. The van der Waals surface area contributed by atoms with Gasteiger partial charge in [0.15, 0.2) is 0 Å². The first kappa shape index (κ1) is 12.3. The first-order chi connectivity index (χ1) is 8.33. The van der Waals surface area contributed by atoms with E-state index in [1.165, 1.54) is 0 Å². The summed E-state index contributed by atoms with van der Waals surface area (Å²) in [7, 11) is 1.68. The first-order valence-corrected chi connectivity index (χ1v) is 6.67. The van der Waals surface area contributed by atoms with Gasteiger partial charge in [0.05, 0.1) is 7.11 Å².